The lowest BCUT2D eigenvalue weighted by molar-refractivity contribution is -0.140. The van der Waals surface area contributed by atoms with Crippen LogP contribution in [0.25, 0.3) is 0 Å². The van der Waals surface area contributed by atoms with Crippen LogP contribution in [0.4, 0.5) is 0 Å². The largest absolute Gasteiger partial charge is 0.480 e. The summed E-state index contributed by atoms with van der Waals surface area (Å²) in [5.74, 6) is -1.07. The summed E-state index contributed by atoms with van der Waals surface area (Å²) in [5, 5.41) is 11.8. The monoisotopic (exact) mass is 304 g/mol. The lowest BCUT2D eigenvalue weighted by atomic mass is 10.2. The second kappa shape index (κ2) is 5.46. The van der Waals surface area contributed by atoms with Gasteiger partial charge < -0.3 is 10.4 Å². The minimum Gasteiger partial charge on any atom is -0.480 e. The number of rotatable bonds is 3. The molecule has 104 valence electrons. The van der Waals surface area contributed by atoms with E-state index >= 15 is 0 Å². The molecule has 1 heterocycles. The zero-order chi connectivity index (χ0) is 14.0. The van der Waals surface area contributed by atoms with Crippen molar-refractivity contribution in [1.29, 1.82) is 0 Å². The highest BCUT2D eigenvalue weighted by Crippen LogP contribution is 2.24. The van der Waals surface area contributed by atoms with Gasteiger partial charge in [-0.25, -0.2) is 8.42 Å². The minimum absolute atomic E-state index is 0.00251. The summed E-state index contributed by atoms with van der Waals surface area (Å²) in [6.07, 6.45) is 0. The zero-order valence-corrected chi connectivity index (χ0v) is 11.5. The number of nitrogens with zero attached hydrogens (tertiary/aromatic N) is 1. The lowest BCUT2D eigenvalue weighted by Gasteiger charge is -2.30. The maximum absolute atomic E-state index is 12.4. The van der Waals surface area contributed by atoms with Crippen molar-refractivity contribution in [3.8, 4) is 0 Å². The van der Waals surface area contributed by atoms with Crippen LogP contribution in [0.1, 0.15) is 0 Å². The van der Waals surface area contributed by atoms with Crippen LogP contribution in [0.15, 0.2) is 29.2 Å². The molecular weight excluding hydrogens is 292 g/mol. The number of halogens is 1. The highest BCUT2D eigenvalue weighted by atomic mass is 35.5. The van der Waals surface area contributed by atoms with Gasteiger partial charge in [0.25, 0.3) is 0 Å². The van der Waals surface area contributed by atoms with Crippen molar-refractivity contribution in [2.45, 2.75) is 10.9 Å². The summed E-state index contributed by atoms with van der Waals surface area (Å²) in [7, 11) is -3.76. The third-order valence-electron chi connectivity index (χ3n) is 2.89. The van der Waals surface area contributed by atoms with E-state index in [9.17, 15) is 13.2 Å². The Morgan fingerprint density at radius 1 is 1.42 bits per heavy atom. The second-order valence-electron chi connectivity index (χ2n) is 4.14. The fourth-order valence-electron chi connectivity index (χ4n) is 1.90. The highest BCUT2D eigenvalue weighted by Gasteiger charge is 2.33. The maximum Gasteiger partial charge on any atom is 0.322 e. The smallest absolute Gasteiger partial charge is 0.322 e. The number of carbonyl (C=O) groups is 1. The Labute approximate surface area is 116 Å². The molecular formula is C11H13ClN2O4S. The third-order valence-corrected chi connectivity index (χ3v) is 5.26. The Bertz CT molecular complexity index is 590. The van der Waals surface area contributed by atoms with Gasteiger partial charge >= 0.3 is 5.97 Å². The molecule has 6 nitrogen and oxygen atoms in total. The van der Waals surface area contributed by atoms with Crippen molar-refractivity contribution in [2.24, 2.45) is 0 Å². The molecule has 1 aliphatic heterocycles. The van der Waals surface area contributed by atoms with Crippen LogP contribution in [0.2, 0.25) is 5.02 Å². The van der Waals surface area contributed by atoms with Gasteiger partial charge in [-0.3, -0.25) is 4.79 Å². The molecule has 1 aromatic rings. The maximum atomic E-state index is 12.4. The van der Waals surface area contributed by atoms with Crippen LogP contribution in [0.3, 0.4) is 0 Å². The number of aliphatic carboxylic acids is 1. The van der Waals surface area contributed by atoms with Crippen LogP contribution in [0.5, 0.6) is 0 Å². The number of hydrogen-bond acceptors (Lipinski definition) is 4. The Morgan fingerprint density at radius 3 is 2.74 bits per heavy atom. The number of piperazine rings is 1. The molecule has 0 bridgehead atoms. The Morgan fingerprint density at radius 2 is 2.11 bits per heavy atom. The SMILES string of the molecule is O=C(O)C1CN(S(=O)(=O)c2ccccc2Cl)CCN1. The van der Waals surface area contributed by atoms with Crippen LogP contribution in [-0.4, -0.2) is 49.5 Å². The standard InChI is InChI=1S/C11H13ClN2O4S/c12-8-3-1-2-4-10(8)19(17,18)14-6-5-13-9(7-14)11(15)16/h1-4,9,13H,5-7H2,(H,15,16). The van der Waals surface area contributed by atoms with E-state index in [0.29, 0.717) is 6.54 Å². The Hall–Kier alpha value is -1.15. The molecule has 0 saturated carbocycles. The second-order valence-corrected chi connectivity index (χ2v) is 6.45. The van der Waals surface area contributed by atoms with E-state index in [2.05, 4.69) is 5.32 Å². The minimum atomic E-state index is -3.76. The molecule has 8 heteroatoms. The molecule has 0 aliphatic carbocycles. The van der Waals surface area contributed by atoms with Crippen LogP contribution in [-0.2, 0) is 14.8 Å². The molecule has 2 rings (SSSR count). The van der Waals surface area contributed by atoms with Gasteiger partial charge in [0.05, 0.1) is 5.02 Å². The van der Waals surface area contributed by atoms with Crippen LogP contribution >= 0.6 is 11.6 Å². The van der Waals surface area contributed by atoms with E-state index < -0.39 is 22.0 Å². The van der Waals surface area contributed by atoms with Crippen molar-refractivity contribution >= 4 is 27.6 Å². The number of carboxylic acid groups (broad SMARTS) is 1. The summed E-state index contributed by atoms with van der Waals surface area (Å²) < 4.78 is 25.9. The van der Waals surface area contributed by atoms with Gasteiger partial charge in [-0.2, -0.15) is 4.31 Å². The number of hydrogen-bond donors (Lipinski definition) is 2. The van der Waals surface area contributed by atoms with E-state index in [1.54, 1.807) is 12.1 Å². The van der Waals surface area contributed by atoms with Crippen molar-refractivity contribution in [1.82, 2.24) is 9.62 Å². The summed E-state index contributed by atoms with van der Waals surface area (Å²) in [5.41, 5.74) is 0. The zero-order valence-electron chi connectivity index (χ0n) is 9.91. The van der Waals surface area contributed by atoms with Gasteiger partial charge in [0, 0.05) is 19.6 Å². The molecule has 0 aromatic heterocycles. The normalized spacial score (nSPS) is 21.2. The van der Waals surface area contributed by atoms with Gasteiger partial charge in [-0.1, -0.05) is 23.7 Å². The fraction of sp³-hybridized carbons (Fsp3) is 0.364. The summed E-state index contributed by atoms with van der Waals surface area (Å²) in [6, 6.07) is 5.22. The first-order valence-electron chi connectivity index (χ1n) is 5.64. The molecule has 0 spiro atoms. The Balaban J connectivity index is 2.30. The van der Waals surface area contributed by atoms with E-state index in [1.165, 1.54) is 12.1 Å². The van der Waals surface area contributed by atoms with Crippen molar-refractivity contribution < 1.29 is 18.3 Å². The summed E-state index contributed by atoms with van der Waals surface area (Å²) >= 11 is 5.89. The van der Waals surface area contributed by atoms with Gasteiger partial charge in [0.2, 0.25) is 10.0 Å². The fourth-order valence-corrected chi connectivity index (χ4v) is 3.85. The van der Waals surface area contributed by atoms with E-state index in [0.717, 1.165) is 4.31 Å². The predicted molar refractivity (Wildman–Crippen MR) is 69.6 cm³/mol. The number of sulfonamides is 1. The number of carboxylic acids is 1. The number of nitrogens with one attached hydrogen (secondary N) is 1. The molecule has 1 fully saturated rings. The first kappa shape index (κ1) is 14.3. The van der Waals surface area contributed by atoms with Crippen molar-refractivity contribution in [2.75, 3.05) is 19.6 Å². The van der Waals surface area contributed by atoms with Crippen molar-refractivity contribution in [3.63, 3.8) is 0 Å². The highest BCUT2D eigenvalue weighted by molar-refractivity contribution is 7.89. The van der Waals surface area contributed by atoms with Crippen LogP contribution in [0, 0.1) is 0 Å². The van der Waals surface area contributed by atoms with Gasteiger partial charge in [0.1, 0.15) is 10.9 Å². The van der Waals surface area contributed by atoms with Gasteiger partial charge in [-0.05, 0) is 12.1 Å². The molecule has 1 aliphatic rings. The molecule has 19 heavy (non-hydrogen) atoms. The van der Waals surface area contributed by atoms with Gasteiger partial charge in [-0.15, -0.1) is 0 Å². The molecule has 0 radical (unpaired) electrons. The number of benzene rings is 1. The first-order valence-corrected chi connectivity index (χ1v) is 7.45. The first-order chi connectivity index (χ1) is 8.93. The predicted octanol–water partition coefficient (Wildman–Crippen LogP) is 0.387. The molecule has 2 N–H and O–H groups in total. The third kappa shape index (κ3) is 2.89. The summed E-state index contributed by atoms with van der Waals surface area (Å²) in [4.78, 5) is 10.9. The van der Waals surface area contributed by atoms with Crippen LogP contribution < -0.4 is 5.32 Å². The molecule has 1 saturated heterocycles. The Kier molecular flexibility index (Phi) is 4.10. The molecule has 0 amide bonds. The average molecular weight is 305 g/mol. The van der Waals surface area contributed by atoms with E-state index in [4.69, 9.17) is 16.7 Å². The molecule has 1 atom stereocenters. The average Bonchev–Trinajstić information content (AvgIpc) is 2.39. The van der Waals surface area contributed by atoms with E-state index in [-0.39, 0.29) is 23.0 Å². The van der Waals surface area contributed by atoms with Gasteiger partial charge in [0.15, 0.2) is 0 Å². The summed E-state index contributed by atoms with van der Waals surface area (Å²) in [6.45, 7) is 0.404. The van der Waals surface area contributed by atoms with E-state index in [1.807, 2.05) is 0 Å². The van der Waals surface area contributed by atoms with Crippen molar-refractivity contribution in [3.05, 3.63) is 29.3 Å². The molecule has 1 unspecified atom stereocenters. The lowest BCUT2D eigenvalue weighted by Crippen LogP contribution is -2.55. The topological polar surface area (TPSA) is 86.7 Å². The quantitative estimate of drug-likeness (QED) is 0.843. The molecule has 1 aromatic carbocycles.